The summed E-state index contributed by atoms with van der Waals surface area (Å²) in [5.41, 5.74) is 1.72. The lowest BCUT2D eigenvalue weighted by Gasteiger charge is -2.34. The van der Waals surface area contributed by atoms with Crippen molar-refractivity contribution in [2.75, 3.05) is 39.8 Å². The first-order valence-corrected chi connectivity index (χ1v) is 7.79. The molecule has 0 spiro atoms. The van der Waals surface area contributed by atoms with Gasteiger partial charge in [0.25, 0.3) is 5.91 Å². The first kappa shape index (κ1) is 16.0. The zero-order chi connectivity index (χ0) is 15.4. The monoisotopic (exact) mass is 353 g/mol. The lowest BCUT2D eigenvalue weighted by molar-refractivity contribution is -0.122. The second-order valence-electron chi connectivity index (χ2n) is 5.20. The van der Waals surface area contributed by atoms with Crippen LogP contribution in [0.1, 0.15) is 15.9 Å². The highest BCUT2D eigenvalue weighted by Gasteiger charge is 2.24. The second kappa shape index (κ2) is 7.04. The van der Waals surface area contributed by atoms with Crippen LogP contribution < -0.4 is 5.32 Å². The summed E-state index contributed by atoms with van der Waals surface area (Å²) in [6, 6.07) is 5.75. The Morgan fingerprint density at radius 1 is 1.24 bits per heavy atom. The quantitative estimate of drug-likeness (QED) is 0.889. The normalized spacial score (nSPS) is 15.9. The van der Waals surface area contributed by atoms with E-state index in [-0.39, 0.29) is 11.8 Å². The van der Waals surface area contributed by atoms with E-state index in [1.54, 1.807) is 7.05 Å². The molecule has 0 aromatic heterocycles. The van der Waals surface area contributed by atoms with Gasteiger partial charge >= 0.3 is 0 Å². The highest BCUT2D eigenvalue weighted by atomic mass is 79.9. The SMILES string of the molecule is CNC(=O)CN1CCN(C(=O)c2cc(Br)ccc2C)CC1. The van der Waals surface area contributed by atoms with E-state index < -0.39 is 0 Å². The molecule has 6 heteroatoms. The molecule has 0 radical (unpaired) electrons. The number of hydrogen-bond acceptors (Lipinski definition) is 3. The van der Waals surface area contributed by atoms with Gasteiger partial charge in [-0.2, -0.15) is 0 Å². The van der Waals surface area contributed by atoms with Gasteiger partial charge in [0.15, 0.2) is 0 Å². The largest absolute Gasteiger partial charge is 0.358 e. The minimum Gasteiger partial charge on any atom is -0.358 e. The Morgan fingerprint density at radius 2 is 1.90 bits per heavy atom. The summed E-state index contributed by atoms with van der Waals surface area (Å²) in [5.74, 6) is 0.0750. The van der Waals surface area contributed by atoms with Crippen LogP contribution in [-0.4, -0.2) is 61.4 Å². The van der Waals surface area contributed by atoms with E-state index in [2.05, 4.69) is 26.1 Å². The van der Waals surface area contributed by atoms with Gasteiger partial charge in [-0.3, -0.25) is 14.5 Å². The molecule has 0 unspecified atom stereocenters. The number of rotatable bonds is 3. The zero-order valence-corrected chi connectivity index (χ0v) is 13.9. The van der Waals surface area contributed by atoms with Crippen molar-refractivity contribution in [2.45, 2.75) is 6.92 Å². The van der Waals surface area contributed by atoms with Gasteiger partial charge in [-0.1, -0.05) is 22.0 Å². The van der Waals surface area contributed by atoms with Crippen molar-refractivity contribution in [1.82, 2.24) is 15.1 Å². The third kappa shape index (κ3) is 4.04. The van der Waals surface area contributed by atoms with Crippen LogP contribution in [0.4, 0.5) is 0 Å². The van der Waals surface area contributed by atoms with Crippen molar-refractivity contribution in [2.24, 2.45) is 0 Å². The standard InChI is InChI=1S/C15H20BrN3O2/c1-11-3-4-12(16)9-13(11)15(21)19-7-5-18(6-8-19)10-14(20)17-2/h3-4,9H,5-8,10H2,1-2H3,(H,17,20). The summed E-state index contributed by atoms with van der Waals surface area (Å²) in [6.07, 6.45) is 0. The number of aryl methyl sites for hydroxylation is 1. The van der Waals surface area contributed by atoms with Gasteiger partial charge in [0.2, 0.25) is 5.91 Å². The van der Waals surface area contributed by atoms with Crippen LogP contribution in [-0.2, 0) is 4.79 Å². The lowest BCUT2D eigenvalue weighted by Crippen LogP contribution is -2.51. The van der Waals surface area contributed by atoms with Gasteiger partial charge in [-0.15, -0.1) is 0 Å². The number of piperazine rings is 1. The molecule has 1 aromatic rings. The van der Waals surface area contributed by atoms with E-state index in [1.807, 2.05) is 30.0 Å². The van der Waals surface area contributed by atoms with Gasteiger partial charge < -0.3 is 10.2 Å². The molecule has 0 atom stereocenters. The molecule has 1 fully saturated rings. The van der Waals surface area contributed by atoms with Crippen molar-refractivity contribution in [3.63, 3.8) is 0 Å². The molecule has 21 heavy (non-hydrogen) atoms. The molecule has 2 amide bonds. The Bertz CT molecular complexity index is 540. The Morgan fingerprint density at radius 3 is 2.52 bits per heavy atom. The highest BCUT2D eigenvalue weighted by molar-refractivity contribution is 9.10. The molecular weight excluding hydrogens is 334 g/mol. The van der Waals surface area contributed by atoms with Crippen LogP contribution in [0.5, 0.6) is 0 Å². The predicted molar refractivity (Wildman–Crippen MR) is 85.3 cm³/mol. The number of carbonyl (C=O) groups excluding carboxylic acids is 2. The second-order valence-corrected chi connectivity index (χ2v) is 6.12. The van der Waals surface area contributed by atoms with Gasteiger partial charge in [0, 0.05) is 43.3 Å². The third-order valence-electron chi connectivity index (χ3n) is 3.74. The van der Waals surface area contributed by atoms with Crippen molar-refractivity contribution < 1.29 is 9.59 Å². The number of likely N-dealkylation sites (N-methyl/N-ethyl adjacent to an activating group) is 1. The summed E-state index contributed by atoms with van der Waals surface area (Å²) in [4.78, 5) is 27.8. The zero-order valence-electron chi connectivity index (χ0n) is 12.4. The van der Waals surface area contributed by atoms with Crippen LogP contribution in [0.2, 0.25) is 0 Å². The molecule has 5 nitrogen and oxygen atoms in total. The molecular formula is C15H20BrN3O2. The number of carbonyl (C=O) groups is 2. The number of halogens is 1. The number of amides is 2. The fraction of sp³-hybridized carbons (Fsp3) is 0.467. The molecule has 1 aliphatic rings. The molecule has 1 aliphatic heterocycles. The number of benzene rings is 1. The van der Waals surface area contributed by atoms with E-state index in [9.17, 15) is 9.59 Å². The Hall–Kier alpha value is -1.40. The molecule has 2 rings (SSSR count). The fourth-order valence-electron chi connectivity index (χ4n) is 2.39. The number of hydrogen-bond donors (Lipinski definition) is 1. The summed E-state index contributed by atoms with van der Waals surface area (Å²) in [6.45, 7) is 5.11. The molecule has 1 aromatic carbocycles. The van der Waals surface area contributed by atoms with Crippen molar-refractivity contribution in [1.29, 1.82) is 0 Å². The minimum absolute atomic E-state index is 0.0117. The third-order valence-corrected chi connectivity index (χ3v) is 4.23. The van der Waals surface area contributed by atoms with E-state index in [1.165, 1.54) is 0 Å². The minimum atomic E-state index is 0.0117. The average Bonchev–Trinajstić information content (AvgIpc) is 2.49. The molecule has 1 saturated heterocycles. The van der Waals surface area contributed by atoms with Gasteiger partial charge in [0.1, 0.15) is 0 Å². The summed E-state index contributed by atoms with van der Waals surface area (Å²) in [7, 11) is 1.64. The van der Waals surface area contributed by atoms with E-state index in [0.29, 0.717) is 19.6 Å². The Labute approximate surface area is 133 Å². The lowest BCUT2D eigenvalue weighted by atomic mass is 10.1. The van der Waals surface area contributed by atoms with Crippen LogP contribution >= 0.6 is 15.9 Å². The number of nitrogens with zero attached hydrogens (tertiary/aromatic N) is 2. The average molecular weight is 354 g/mol. The Kier molecular flexibility index (Phi) is 5.36. The number of nitrogens with one attached hydrogen (secondary N) is 1. The molecule has 1 heterocycles. The summed E-state index contributed by atoms with van der Waals surface area (Å²) < 4.78 is 0.912. The first-order valence-electron chi connectivity index (χ1n) is 6.99. The van der Waals surface area contributed by atoms with Gasteiger partial charge in [-0.05, 0) is 24.6 Å². The summed E-state index contributed by atoms with van der Waals surface area (Å²) >= 11 is 3.41. The maximum Gasteiger partial charge on any atom is 0.254 e. The van der Waals surface area contributed by atoms with Gasteiger partial charge in [0.05, 0.1) is 6.54 Å². The maximum absolute atomic E-state index is 12.6. The van der Waals surface area contributed by atoms with E-state index in [4.69, 9.17) is 0 Å². The smallest absolute Gasteiger partial charge is 0.254 e. The molecule has 0 aliphatic carbocycles. The molecule has 1 N–H and O–H groups in total. The molecule has 0 bridgehead atoms. The maximum atomic E-state index is 12.6. The van der Waals surface area contributed by atoms with E-state index in [0.717, 1.165) is 28.7 Å². The first-order chi connectivity index (χ1) is 10.0. The molecule has 0 saturated carbocycles. The predicted octanol–water partition coefficient (Wildman–Crippen LogP) is 1.26. The van der Waals surface area contributed by atoms with Crippen LogP contribution in [0, 0.1) is 6.92 Å². The van der Waals surface area contributed by atoms with Crippen LogP contribution in [0.25, 0.3) is 0 Å². The van der Waals surface area contributed by atoms with Crippen molar-refractivity contribution >= 4 is 27.7 Å². The van der Waals surface area contributed by atoms with Crippen LogP contribution in [0.15, 0.2) is 22.7 Å². The van der Waals surface area contributed by atoms with Crippen molar-refractivity contribution in [3.8, 4) is 0 Å². The highest BCUT2D eigenvalue weighted by Crippen LogP contribution is 2.18. The van der Waals surface area contributed by atoms with Gasteiger partial charge in [-0.25, -0.2) is 0 Å². The molecule has 114 valence electrons. The Balaban J connectivity index is 1.97. The van der Waals surface area contributed by atoms with Crippen molar-refractivity contribution in [3.05, 3.63) is 33.8 Å². The van der Waals surface area contributed by atoms with E-state index >= 15 is 0 Å². The van der Waals surface area contributed by atoms with Crippen LogP contribution in [0.3, 0.4) is 0 Å². The topological polar surface area (TPSA) is 52.7 Å². The fourth-order valence-corrected chi connectivity index (χ4v) is 2.75. The summed E-state index contributed by atoms with van der Waals surface area (Å²) in [5, 5.41) is 2.62.